The van der Waals surface area contributed by atoms with Crippen molar-refractivity contribution in [2.24, 2.45) is 5.92 Å². The Hall–Kier alpha value is -0.960. The fourth-order valence-electron chi connectivity index (χ4n) is 2.75. The fraction of sp³-hybridized carbons (Fsp3) is 0.600. The van der Waals surface area contributed by atoms with Crippen molar-refractivity contribution in [2.45, 2.75) is 51.6 Å². The summed E-state index contributed by atoms with van der Waals surface area (Å²) < 4.78 is 26.5. The van der Waals surface area contributed by atoms with Crippen LogP contribution >= 0.6 is 0 Å². The Labute approximate surface area is 108 Å². The third-order valence-corrected chi connectivity index (χ3v) is 3.98. The molecule has 0 aliphatic heterocycles. The molecule has 1 nitrogen and oxygen atoms in total. The number of halogens is 2. The summed E-state index contributed by atoms with van der Waals surface area (Å²) in [7, 11) is 0. The number of benzene rings is 1. The van der Waals surface area contributed by atoms with Crippen molar-refractivity contribution in [3.63, 3.8) is 0 Å². The van der Waals surface area contributed by atoms with Gasteiger partial charge in [-0.15, -0.1) is 0 Å². The highest BCUT2D eigenvalue weighted by Gasteiger charge is 2.19. The fourth-order valence-corrected chi connectivity index (χ4v) is 2.75. The molecular formula is C15H21F2N. The SMILES string of the molecule is C[C@@H](NCc1cc(F)ccc1F)C1CCCCC1. The van der Waals surface area contributed by atoms with Gasteiger partial charge in [0.2, 0.25) is 0 Å². The second-order valence-corrected chi connectivity index (χ2v) is 5.30. The van der Waals surface area contributed by atoms with Gasteiger partial charge in [-0.2, -0.15) is 0 Å². The first-order valence-electron chi connectivity index (χ1n) is 6.84. The highest BCUT2D eigenvalue weighted by Crippen LogP contribution is 2.26. The van der Waals surface area contributed by atoms with Gasteiger partial charge in [0, 0.05) is 18.2 Å². The van der Waals surface area contributed by atoms with Gasteiger partial charge >= 0.3 is 0 Å². The monoisotopic (exact) mass is 253 g/mol. The zero-order valence-electron chi connectivity index (χ0n) is 10.9. The summed E-state index contributed by atoms with van der Waals surface area (Å²) in [4.78, 5) is 0. The number of hydrogen-bond donors (Lipinski definition) is 1. The average molecular weight is 253 g/mol. The summed E-state index contributed by atoms with van der Waals surface area (Å²) in [6.45, 7) is 2.55. The van der Waals surface area contributed by atoms with E-state index in [1.165, 1.54) is 44.2 Å². The van der Waals surface area contributed by atoms with E-state index >= 15 is 0 Å². The minimum absolute atomic E-state index is 0.334. The molecule has 1 aliphatic carbocycles. The van der Waals surface area contributed by atoms with E-state index in [0.29, 0.717) is 24.1 Å². The Kier molecular flexibility index (Phi) is 4.70. The molecule has 0 spiro atoms. The molecular weight excluding hydrogens is 232 g/mol. The maximum Gasteiger partial charge on any atom is 0.127 e. The van der Waals surface area contributed by atoms with Gasteiger partial charge in [-0.1, -0.05) is 19.3 Å². The predicted molar refractivity (Wildman–Crippen MR) is 69.2 cm³/mol. The van der Waals surface area contributed by atoms with Gasteiger partial charge in [-0.05, 0) is 43.9 Å². The molecule has 1 aromatic carbocycles. The van der Waals surface area contributed by atoms with Crippen LogP contribution in [0.3, 0.4) is 0 Å². The Morgan fingerprint density at radius 3 is 2.67 bits per heavy atom. The molecule has 0 bridgehead atoms. The van der Waals surface area contributed by atoms with E-state index in [1.807, 2.05) is 0 Å². The smallest absolute Gasteiger partial charge is 0.127 e. The van der Waals surface area contributed by atoms with Crippen LogP contribution in [0.2, 0.25) is 0 Å². The third-order valence-electron chi connectivity index (χ3n) is 3.98. The number of hydrogen-bond acceptors (Lipinski definition) is 1. The van der Waals surface area contributed by atoms with Crippen LogP contribution in [0.15, 0.2) is 18.2 Å². The van der Waals surface area contributed by atoms with Crippen LogP contribution in [0.5, 0.6) is 0 Å². The summed E-state index contributed by atoms with van der Waals surface area (Å²) >= 11 is 0. The van der Waals surface area contributed by atoms with Gasteiger partial charge in [-0.3, -0.25) is 0 Å². The van der Waals surface area contributed by atoms with E-state index in [-0.39, 0.29) is 11.6 Å². The van der Waals surface area contributed by atoms with Gasteiger partial charge in [0.05, 0.1) is 0 Å². The minimum Gasteiger partial charge on any atom is -0.310 e. The normalized spacial score (nSPS) is 18.8. The Morgan fingerprint density at radius 1 is 1.22 bits per heavy atom. The largest absolute Gasteiger partial charge is 0.310 e. The third kappa shape index (κ3) is 3.52. The Bertz CT molecular complexity index is 386. The van der Waals surface area contributed by atoms with E-state index in [0.717, 1.165) is 6.07 Å². The zero-order valence-corrected chi connectivity index (χ0v) is 10.9. The second-order valence-electron chi connectivity index (χ2n) is 5.30. The lowest BCUT2D eigenvalue weighted by molar-refractivity contribution is 0.280. The maximum atomic E-state index is 13.5. The molecule has 0 radical (unpaired) electrons. The number of nitrogens with one attached hydrogen (secondary N) is 1. The molecule has 1 atom stereocenters. The Balaban J connectivity index is 1.88. The van der Waals surface area contributed by atoms with Gasteiger partial charge < -0.3 is 5.32 Å². The lowest BCUT2D eigenvalue weighted by Crippen LogP contribution is -2.34. The zero-order chi connectivity index (χ0) is 13.0. The van der Waals surface area contributed by atoms with Crippen LogP contribution in [0.1, 0.15) is 44.6 Å². The molecule has 1 saturated carbocycles. The molecule has 1 fully saturated rings. The molecule has 18 heavy (non-hydrogen) atoms. The van der Waals surface area contributed by atoms with Gasteiger partial charge in [-0.25, -0.2) is 8.78 Å². The van der Waals surface area contributed by atoms with Crippen molar-refractivity contribution in [2.75, 3.05) is 0 Å². The highest BCUT2D eigenvalue weighted by molar-refractivity contribution is 5.18. The summed E-state index contributed by atoms with van der Waals surface area (Å²) in [6, 6.07) is 3.99. The minimum atomic E-state index is -0.376. The standard InChI is InChI=1S/C15H21F2N/c1-11(12-5-3-2-4-6-12)18-10-13-9-14(16)7-8-15(13)17/h7-9,11-12,18H,2-6,10H2,1H3/t11-/m1/s1. The van der Waals surface area contributed by atoms with E-state index in [9.17, 15) is 8.78 Å². The van der Waals surface area contributed by atoms with Crippen molar-refractivity contribution in [1.29, 1.82) is 0 Å². The van der Waals surface area contributed by atoms with Crippen LogP contribution in [0, 0.1) is 17.6 Å². The molecule has 100 valence electrons. The first-order chi connectivity index (χ1) is 8.66. The molecule has 3 heteroatoms. The second kappa shape index (κ2) is 6.28. The maximum absolute atomic E-state index is 13.5. The first kappa shape index (κ1) is 13.5. The number of rotatable bonds is 4. The van der Waals surface area contributed by atoms with E-state index in [2.05, 4.69) is 12.2 Å². The molecule has 0 heterocycles. The summed E-state index contributed by atoms with van der Waals surface area (Å²) in [6.07, 6.45) is 6.43. The summed E-state index contributed by atoms with van der Waals surface area (Å²) in [5.41, 5.74) is 0.414. The lowest BCUT2D eigenvalue weighted by atomic mass is 9.84. The topological polar surface area (TPSA) is 12.0 Å². The highest BCUT2D eigenvalue weighted by atomic mass is 19.1. The van der Waals surface area contributed by atoms with Crippen molar-refractivity contribution in [1.82, 2.24) is 5.32 Å². The van der Waals surface area contributed by atoms with Crippen molar-refractivity contribution < 1.29 is 8.78 Å². The first-order valence-corrected chi connectivity index (χ1v) is 6.84. The average Bonchev–Trinajstić information content (AvgIpc) is 2.40. The van der Waals surface area contributed by atoms with Crippen LogP contribution in [-0.4, -0.2) is 6.04 Å². The molecule has 2 rings (SSSR count). The quantitative estimate of drug-likeness (QED) is 0.854. The van der Waals surface area contributed by atoms with Crippen LogP contribution < -0.4 is 5.32 Å². The predicted octanol–water partition coefficient (Wildman–Crippen LogP) is 4.02. The van der Waals surface area contributed by atoms with Gasteiger partial charge in [0.15, 0.2) is 0 Å². The summed E-state index contributed by atoms with van der Waals surface area (Å²) in [5.74, 6) is -0.0337. The molecule has 1 N–H and O–H groups in total. The van der Waals surface area contributed by atoms with E-state index in [1.54, 1.807) is 0 Å². The van der Waals surface area contributed by atoms with Crippen molar-refractivity contribution in [3.05, 3.63) is 35.4 Å². The van der Waals surface area contributed by atoms with Crippen molar-refractivity contribution >= 4 is 0 Å². The molecule has 0 amide bonds. The van der Waals surface area contributed by atoms with Crippen LogP contribution in [0.4, 0.5) is 8.78 Å². The van der Waals surface area contributed by atoms with Gasteiger partial charge in [0.1, 0.15) is 11.6 Å². The molecule has 0 saturated heterocycles. The van der Waals surface area contributed by atoms with Crippen molar-refractivity contribution in [3.8, 4) is 0 Å². The molecule has 0 unspecified atom stereocenters. The van der Waals surface area contributed by atoms with Crippen LogP contribution in [-0.2, 0) is 6.54 Å². The molecule has 1 aromatic rings. The van der Waals surface area contributed by atoms with Crippen LogP contribution in [0.25, 0.3) is 0 Å². The summed E-state index contributed by atoms with van der Waals surface area (Å²) in [5, 5.41) is 3.33. The Morgan fingerprint density at radius 2 is 1.94 bits per heavy atom. The molecule has 0 aromatic heterocycles. The van der Waals surface area contributed by atoms with Gasteiger partial charge in [0.25, 0.3) is 0 Å². The lowest BCUT2D eigenvalue weighted by Gasteiger charge is -2.28. The van der Waals surface area contributed by atoms with E-state index in [4.69, 9.17) is 0 Å². The van der Waals surface area contributed by atoms with E-state index < -0.39 is 0 Å². The molecule has 1 aliphatic rings.